The summed E-state index contributed by atoms with van der Waals surface area (Å²) in [5, 5.41) is 8.91. The maximum Gasteiger partial charge on any atom is 0.246 e. The van der Waals surface area contributed by atoms with E-state index in [0.29, 0.717) is 0 Å². The van der Waals surface area contributed by atoms with Crippen molar-refractivity contribution in [2.45, 2.75) is 17.9 Å². The Morgan fingerprint density at radius 1 is 1.44 bits per heavy atom. The molecule has 1 aromatic carbocycles. The largest absolute Gasteiger partial charge is 0.395 e. The second-order valence-corrected chi connectivity index (χ2v) is 6.49. The lowest BCUT2D eigenvalue weighted by Gasteiger charge is -2.22. The van der Waals surface area contributed by atoms with Gasteiger partial charge in [-0.3, -0.25) is 0 Å². The number of aliphatic hydroxyl groups is 1. The predicted molar refractivity (Wildman–Crippen MR) is 65.6 cm³/mol. The van der Waals surface area contributed by atoms with E-state index in [2.05, 4.69) is 15.9 Å². The highest BCUT2D eigenvalue weighted by Crippen LogP contribution is 2.27. The maximum atomic E-state index is 13.7. The highest BCUT2D eigenvalue weighted by Gasteiger charge is 2.29. The lowest BCUT2D eigenvalue weighted by atomic mass is 10.3. The van der Waals surface area contributed by atoms with Crippen molar-refractivity contribution in [3.8, 4) is 0 Å². The Bertz CT molecular complexity index is 550. The van der Waals surface area contributed by atoms with Crippen molar-refractivity contribution < 1.29 is 22.3 Å². The summed E-state index contributed by atoms with van der Waals surface area (Å²) in [6.45, 7) is 1.06. The minimum Gasteiger partial charge on any atom is -0.395 e. The molecule has 0 spiro atoms. The molecular weight excluding hydrogens is 332 g/mol. The third-order valence-electron chi connectivity index (χ3n) is 2.54. The maximum absolute atomic E-state index is 13.7. The van der Waals surface area contributed by atoms with E-state index >= 15 is 0 Å². The number of nitrogens with zero attached hydrogens (tertiary/aromatic N) is 1. The zero-order valence-electron chi connectivity index (χ0n) is 9.69. The van der Waals surface area contributed by atoms with Gasteiger partial charge in [-0.05, 0) is 35.0 Å². The number of benzene rings is 1. The Kier molecular flexibility index (Phi) is 4.82. The Morgan fingerprint density at radius 3 is 2.50 bits per heavy atom. The van der Waals surface area contributed by atoms with Crippen LogP contribution in [0.3, 0.4) is 0 Å². The molecule has 0 aromatic heterocycles. The van der Waals surface area contributed by atoms with Gasteiger partial charge in [0, 0.05) is 13.1 Å². The highest BCUT2D eigenvalue weighted by molar-refractivity contribution is 9.10. The molecule has 18 heavy (non-hydrogen) atoms. The quantitative estimate of drug-likeness (QED) is 0.847. The Labute approximate surface area is 112 Å². The van der Waals surface area contributed by atoms with Crippen molar-refractivity contribution >= 4 is 26.0 Å². The molecule has 0 aliphatic heterocycles. The van der Waals surface area contributed by atoms with Gasteiger partial charge in [0.25, 0.3) is 0 Å². The first-order valence-corrected chi connectivity index (χ1v) is 7.19. The van der Waals surface area contributed by atoms with Crippen LogP contribution in [0.4, 0.5) is 8.78 Å². The summed E-state index contributed by atoms with van der Waals surface area (Å²) in [4.78, 5) is -0.640. The first-order chi connectivity index (χ1) is 8.23. The lowest BCUT2D eigenvalue weighted by molar-refractivity contribution is 0.213. The Balaban J connectivity index is 3.34. The molecule has 102 valence electrons. The standard InChI is InChI=1S/C10H12BrF2NO3S/c1-6(5-15)14(2)18(16,17)8-4-3-7(12)9(11)10(8)13/h3-4,6,15H,5H2,1-2H3/t6-/m1/s1. The van der Waals surface area contributed by atoms with E-state index in [0.717, 1.165) is 16.4 Å². The molecule has 8 heteroatoms. The van der Waals surface area contributed by atoms with Crippen LogP contribution in [0.2, 0.25) is 0 Å². The zero-order valence-corrected chi connectivity index (χ0v) is 12.1. The summed E-state index contributed by atoms with van der Waals surface area (Å²) in [7, 11) is -2.90. The third-order valence-corrected chi connectivity index (χ3v) is 5.26. The average molecular weight is 344 g/mol. The van der Waals surface area contributed by atoms with Gasteiger partial charge in [-0.1, -0.05) is 0 Å². The van der Waals surface area contributed by atoms with E-state index in [4.69, 9.17) is 5.11 Å². The van der Waals surface area contributed by atoms with Gasteiger partial charge in [-0.15, -0.1) is 0 Å². The van der Waals surface area contributed by atoms with Crippen LogP contribution in [0, 0.1) is 11.6 Å². The molecule has 0 saturated heterocycles. The normalized spacial score (nSPS) is 13.9. The molecule has 0 bridgehead atoms. The SMILES string of the molecule is C[C@H](CO)N(C)S(=O)(=O)c1ccc(F)c(Br)c1F. The van der Waals surface area contributed by atoms with Crippen LogP contribution in [0.25, 0.3) is 0 Å². The summed E-state index contributed by atoms with van der Waals surface area (Å²) in [6.07, 6.45) is 0. The third kappa shape index (κ3) is 2.71. The second kappa shape index (κ2) is 5.60. The minimum absolute atomic E-state index is 0.403. The van der Waals surface area contributed by atoms with Gasteiger partial charge in [-0.2, -0.15) is 4.31 Å². The van der Waals surface area contributed by atoms with E-state index in [1.807, 2.05) is 0 Å². The molecule has 0 aliphatic rings. The van der Waals surface area contributed by atoms with Crippen LogP contribution in [0.5, 0.6) is 0 Å². The summed E-state index contributed by atoms with van der Waals surface area (Å²) in [6, 6.07) is 1.00. The molecule has 0 aliphatic carbocycles. The predicted octanol–water partition coefficient (Wildman–Crippen LogP) is 1.73. The summed E-state index contributed by atoms with van der Waals surface area (Å²) >= 11 is 2.64. The minimum atomic E-state index is -4.12. The number of hydrogen-bond acceptors (Lipinski definition) is 3. The van der Waals surface area contributed by atoms with Crippen LogP contribution < -0.4 is 0 Å². The number of aliphatic hydroxyl groups excluding tert-OH is 1. The molecule has 0 fully saturated rings. The van der Waals surface area contributed by atoms with E-state index < -0.39 is 43.7 Å². The van der Waals surface area contributed by atoms with Crippen molar-refractivity contribution in [3.05, 3.63) is 28.2 Å². The number of sulfonamides is 1. The summed E-state index contributed by atoms with van der Waals surface area (Å²) < 4.78 is 51.2. The monoisotopic (exact) mass is 343 g/mol. The molecule has 1 atom stereocenters. The lowest BCUT2D eigenvalue weighted by Crippen LogP contribution is -2.37. The molecule has 0 unspecified atom stereocenters. The van der Waals surface area contributed by atoms with Crippen LogP contribution in [0.15, 0.2) is 21.5 Å². The van der Waals surface area contributed by atoms with Gasteiger partial charge < -0.3 is 5.11 Å². The van der Waals surface area contributed by atoms with E-state index in [-0.39, 0.29) is 0 Å². The van der Waals surface area contributed by atoms with Crippen molar-refractivity contribution in [3.63, 3.8) is 0 Å². The van der Waals surface area contributed by atoms with Gasteiger partial charge >= 0.3 is 0 Å². The first kappa shape index (κ1) is 15.5. The Morgan fingerprint density at radius 2 is 2.00 bits per heavy atom. The van der Waals surface area contributed by atoms with Crippen molar-refractivity contribution in [2.75, 3.05) is 13.7 Å². The fraction of sp³-hybridized carbons (Fsp3) is 0.400. The van der Waals surface area contributed by atoms with Gasteiger partial charge in [0.15, 0.2) is 5.82 Å². The summed E-state index contributed by atoms with van der Waals surface area (Å²) in [5.41, 5.74) is 0. The molecule has 1 N–H and O–H groups in total. The molecule has 1 aromatic rings. The van der Waals surface area contributed by atoms with E-state index in [1.54, 1.807) is 0 Å². The molecule has 0 saturated carbocycles. The van der Waals surface area contributed by atoms with Crippen molar-refractivity contribution in [1.82, 2.24) is 4.31 Å². The van der Waals surface area contributed by atoms with E-state index in [9.17, 15) is 17.2 Å². The number of halogens is 3. The fourth-order valence-electron chi connectivity index (χ4n) is 1.21. The topological polar surface area (TPSA) is 57.6 Å². The number of likely N-dealkylation sites (N-methyl/N-ethyl adjacent to an activating group) is 1. The van der Waals surface area contributed by atoms with Crippen molar-refractivity contribution in [1.29, 1.82) is 0 Å². The van der Waals surface area contributed by atoms with Crippen molar-refractivity contribution in [2.24, 2.45) is 0 Å². The Hall–Kier alpha value is -0.570. The van der Waals surface area contributed by atoms with Gasteiger partial charge in [0.1, 0.15) is 10.7 Å². The van der Waals surface area contributed by atoms with Gasteiger partial charge in [0.2, 0.25) is 10.0 Å². The smallest absolute Gasteiger partial charge is 0.246 e. The highest BCUT2D eigenvalue weighted by atomic mass is 79.9. The van der Waals surface area contributed by atoms with Crippen LogP contribution >= 0.6 is 15.9 Å². The van der Waals surface area contributed by atoms with Gasteiger partial charge in [0.05, 0.1) is 11.1 Å². The zero-order chi connectivity index (χ0) is 14.1. The molecular formula is C10H12BrF2NO3S. The van der Waals surface area contributed by atoms with Crippen LogP contribution in [-0.4, -0.2) is 37.5 Å². The summed E-state index contributed by atoms with van der Waals surface area (Å²) in [5.74, 6) is -2.07. The number of rotatable bonds is 4. The first-order valence-electron chi connectivity index (χ1n) is 4.95. The van der Waals surface area contributed by atoms with Crippen LogP contribution in [-0.2, 0) is 10.0 Å². The molecule has 0 heterocycles. The molecule has 1 rings (SSSR count). The molecule has 4 nitrogen and oxygen atoms in total. The fourth-order valence-corrected chi connectivity index (χ4v) is 3.11. The second-order valence-electron chi connectivity index (χ2n) is 3.73. The molecule has 0 radical (unpaired) electrons. The molecule has 0 amide bonds. The van der Waals surface area contributed by atoms with Crippen LogP contribution in [0.1, 0.15) is 6.92 Å². The average Bonchev–Trinajstić information content (AvgIpc) is 2.33. The van der Waals surface area contributed by atoms with E-state index in [1.165, 1.54) is 14.0 Å². The number of hydrogen-bond donors (Lipinski definition) is 1. The van der Waals surface area contributed by atoms with Gasteiger partial charge in [-0.25, -0.2) is 17.2 Å².